The normalized spacial score (nSPS) is 11.0. The zero-order chi connectivity index (χ0) is 84.2. The summed E-state index contributed by atoms with van der Waals surface area (Å²) in [5.41, 5.74) is 12.6. The van der Waals surface area contributed by atoms with Gasteiger partial charge in [0.15, 0.2) is 5.75 Å². The van der Waals surface area contributed by atoms with Crippen molar-refractivity contribution in [2.24, 2.45) is 15.2 Å². The Hall–Kier alpha value is -12.3. The van der Waals surface area contributed by atoms with Crippen molar-refractivity contribution in [2.45, 2.75) is 86.0 Å². The molecule has 0 fully saturated rings. The van der Waals surface area contributed by atoms with E-state index in [1.165, 1.54) is 43.0 Å². The van der Waals surface area contributed by atoms with Gasteiger partial charge in [0.1, 0.15) is 43.3 Å². The van der Waals surface area contributed by atoms with Gasteiger partial charge in [0, 0.05) is 67.0 Å². The molecule has 18 aromatic rings. The Kier molecular flexibility index (Phi) is 34.3. The van der Waals surface area contributed by atoms with Crippen LogP contribution in [-0.4, -0.2) is 16.4 Å². The Bertz CT molecular complexity index is 5830. The fourth-order valence-corrected chi connectivity index (χ4v) is 20.5. The smallest absolute Gasteiger partial charge is 0.150 e. The number of rotatable bonds is 16. The third-order valence-electron chi connectivity index (χ3n) is 21.2. The Morgan fingerprint density at radius 3 is 0.862 bits per heavy atom. The molecule has 618 valence electrons. The summed E-state index contributed by atoms with van der Waals surface area (Å²) in [5.74, 6) is 1.78. The average Bonchev–Trinajstić information content (AvgIpc) is 0.756. The van der Waals surface area contributed by atoms with Crippen LogP contribution in [0.5, 0.6) is 11.5 Å². The van der Waals surface area contributed by atoms with Crippen LogP contribution in [0.3, 0.4) is 0 Å². The number of hydrogen-bond acceptors (Lipinski definition) is 5. The molecule has 0 aliphatic rings. The number of nitrogens with zero attached hydrogens (tertiary/aromatic N) is 3. The third-order valence-corrected chi connectivity index (χ3v) is 26.7. The van der Waals surface area contributed by atoms with Gasteiger partial charge >= 0.3 is 0 Å². The monoisotopic (exact) mass is 1730 g/mol. The molecule has 0 amide bonds. The maximum Gasteiger partial charge on any atom is 0.150 e. The predicted molar refractivity (Wildman–Crippen MR) is 526 cm³/mol. The van der Waals surface area contributed by atoms with Crippen molar-refractivity contribution in [1.29, 1.82) is 0 Å². The number of aromatic hydroxyl groups is 2. The van der Waals surface area contributed by atoms with Gasteiger partial charge < -0.3 is 10.2 Å². The van der Waals surface area contributed by atoms with E-state index in [0.717, 1.165) is 93.4 Å². The van der Waals surface area contributed by atoms with E-state index in [-0.39, 0.29) is 44.5 Å². The molecule has 0 heterocycles. The van der Waals surface area contributed by atoms with E-state index in [4.69, 9.17) is 10.1 Å². The van der Waals surface area contributed by atoms with Crippen LogP contribution in [0.25, 0.3) is 65.3 Å². The minimum atomic E-state index is -0.877. The first kappa shape index (κ1) is 91.5. The molecule has 0 radical (unpaired) electrons. The quantitative estimate of drug-likeness (QED) is 0.0253. The van der Waals surface area contributed by atoms with Gasteiger partial charge in [-0.15, -0.1) is 10.2 Å². The molecule has 0 aliphatic heterocycles. The second-order valence-corrected chi connectivity index (χ2v) is 36.0. The minimum absolute atomic E-state index is 0. The van der Waals surface area contributed by atoms with Gasteiger partial charge in [-0.3, -0.25) is 4.99 Å². The number of hydrogen-bond donors (Lipinski definition) is 2. The molecule has 18 aromatic carbocycles. The van der Waals surface area contributed by atoms with E-state index in [2.05, 4.69) is 388 Å². The molecule has 2 N–H and O–H groups in total. The van der Waals surface area contributed by atoms with Crippen molar-refractivity contribution >= 4 is 114 Å². The van der Waals surface area contributed by atoms with Gasteiger partial charge in [-0.05, 0) is 205 Å². The molecule has 0 aromatic heterocycles. The maximum atomic E-state index is 11.6. The molecule has 9 heteroatoms. The zero-order valence-corrected chi connectivity index (χ0v) is 75.1. The molecular formula is C114H105N3Ni2O2P2. The number of aryl methyl sites for hydroxylation is 1. The number of aliphatic imine (C=N–C) groups is 1. The van der Waals surface area contributed by atoms with Gasteiger partial charge in [-0.25, -0.2) is 0 Å². The molecule has 0 saturated heterocycles. The number of phenolic OH excluding ortho intramolecular Hbond substituents is 2. The molecule has 0 saturated carbocycles. The molecule has 0 atom stereocenters. The first-order valence-electron chi connectivity index (χ1n) is 41.8. The van der Waals surface area contributed by atoms with E-state index in [1.54, 1.807) is 0 Å². The molecule has 0 bridgehead atoms. The van der Waals surface area contributed by atoms with Crippen molar-refractivity contribution in [3.05, 3.63) is 464 Å². The van der Waals surface area contributed by atoms with Crippen molar-refractivity contribution in [3.63, 3.8) is 0 Å². The van der Waals surface area contributed by atoms with E-state index in [0.29, 0.717) is 34.9 Å². The van der Waals surface area contributed by atoms with E-state index in [1.807, 2.05) is 116 Å². The predicted octanol–water partition coefficient (Wildman–Crippen LogP) is 29.0. The Morgan fingerprint density at radius 1 is 0.276 bits per heavy atom. The van der Waals surface area contributed by atoms with Crippen LogP contribution in [0.15, 0.2) is 434 Å². The fourth-order valence-electron chi connectivity index (χ4n) is 15.3. The summed E-state index contributed by atoms with van der Waals surface area (Å²) in [6, 6.07) is 150. The number of para-hydroxylation sites is 2. The minimum Gasteiger partial charge on any atom is -0.507 e. The SMILES string of the molecule is CC(C)c1cccc(C(C)C)c1N=Cc1cccc(-c2c3ccccc3cc3ccccc23)c1O.Cc1cc(N=Nc2c(C(C)C)cccc2C(C)C)c(O)c(-c2c3ccccc3cc3ccccc23)c1.[Ni].[Ni].[c-]1ccccc1.[c-]1ccccc1.c1ccc([PH+](c2ccccc2)c2ccccc2)cc1.c1ccc([PH+](c2ccccc2)c2ccccc2)cc1. The zero-order valence-electron chi connectivity index (χ0n) is 71.1. The van der Waals surface area contributed by atoms with Crippen LogP contribution in [0.4, 0.5) is 17.1 Å². The van der Waals surface area contributed by atoms with Crippen molar-refractivity contribution in [3.8, 4) is 33.8 Å². The molecule has 5 nitrogen and oxygen atoms in total. The van der Waals surface area contributed by atoms with Crippen LogP contribution in [0.2, 0.25) is 0 Å². The summed E-state index contributed by atoms with van der Waals surface area (Å²) in [5, 5.41) is 50.1. The van der Waals surface area contributed by atoms with Crippen LogP contribution >= 0.6 is 15.8 Å². The van der Waals surface area contributed by atoms with Crippen molar-refractivity contribution in [2.75, 3.05) is 0 Å². The molecule has 123 heavy (non-hydrogen) atoms. The maximum absolute atomic E-state index is 11.6. The summed E-state index contributed by atoms with van der Waals surface area (Å²) < 4.78 is 0. The number of phenols is 2. The Morgan fingerprint density at radius 2 is 0.561 bits per heavy atom. The van der Waals surface area contributed by atoms with Crippen LogP contribution < -0.4 is 31.8 Å². The number of benzene rings is 18. The second kappa shape index (κ2) is 46.1. The van der Waals surface area contributed by atoms with Crippen LogP contribution in [0.1, 0.15) is 112 Å². The standard InChI is InChI=1S/C33H32N2O.C33H31NO.2C18H15P.2C6H5.2Ni/c1-20(2)25-15-10-16-26(21(3)4)32(25)35-34-30-18-22(5)17-29(33(30)36)31-27-13-8-6-11-23(27)19-24-12-7-9-14-28(24)31;1-21(2)26-16-10-17-27(22(3)4)32(26)34-20-25-13-9-18-30(33(25)35)31-28-14-7-5-11-23(28)19-24-12-6-8-15-29(24)31;2*1-4-10-16(11-5-1)19(17-12-6-2-7-13-17)18-14-8-3-9-15-18;2*1-2-4-6-5-3-1;;/h6-21,36H,1-5H3;5-22,35H,1-4H3;2*1-15H;2*1-5H;;/q;;;;2*-1;;/p+2. The summed E-state index contributed by atoms with van der Waals surface area (Å²) in [6.45, 7) is 19.5. The molecule has 0 unspecified atom stereocenters. The number of fused-ring (bicyclic) bond motifs is 4. The fraction of sp³-hybridized carbons (Fsp3) is 0.114. The molecule has 0 aliphatic carbocycles. The van der Waals surface area contributed by atoms with Crippen LogP contribution in [-0.2, 0) is 33.0 Å². The van der Waals surface area contributed by atoms with Gasteiger partial charge in [0.25, 0.3) is 0 Å². The first-order valence-corrected chi connectivity index (χ1v) is 44.8. The largest absolute Gasteiger partial charge is 0.507 e. The Labute approximate surface area is 750 Å². The summed E-state index contributed by atoms with van der Waals surface area (Å²) in [4.78, 5) is 4.95. The first-order chi connectivity index (χ1) is 59.2. The van der Waals surface area contributed by atoms with Crippen LogP contribution in [0, 0.1) is 19.1 Å². The van der Waals surface area contributed by atoms with E-state index in [9.17, 15) is 10.2 Å². The van der Waals surface area contributed by atoms with Gasteiger partial charge in [-0.2, -0.15) is 72.8 Å². The second-order valence-electron chi connectivity index (χ2n) is 31.1. The topological polar surface area (TPSA) is 77.5 Å². The summed E-state index contributed by atoms with van der Waals surface area (Å²) in [7, 11) is -1.75. The molecular weight excluding hydrogens is 1620 g/mol. The Balaban J connectivity index is 0.000000156. The van der Waals surface area contributed by atoms with E-state index >= 15 is 0 Å². The van der Waals surface area contributed by atoms with Gasteiger partial charge in [-0.1, -0.05) is 310 Å². The van der Waals surface area contributed by atoms with Crippen molar-refractivity contribution < 1.29 is 43.2 Å². The molecule has 18 rings (SSSR count). The average molecular weight is 1730 g/mol. The van der Waals surface area contributed by atoms with Crippen molar-refractivity contribution in [1.82, 2.24) is 0 Å². The number of azo groups is 1. The molecule has 0 spiro atoms. The third kappa shape index (κ3) is 23.7. The van der Waals surface area contributed by atoms with Gasteiger partial charge in [0.2, 0.25) is 0 Å². The summed E-state index contributed by atoms with van der Waals surface area (Å²) in [6.07, 6.45) is 1.82. The van der Waals surface area contributed by atoms with E-state index < -0.39 is 15.8 Å². The van der Waals surface area contributed by atoms with Gasteiger partial charge in [0.05, 0.1) is 27.2 Å². The summed E-state index contributed by atoms with van der Waals surface area (Å²) >= 11 is 0.